The highest BCUT2D eigenvalue weighted by molar-refractivity contribution is 7.93. The summed E-state index contributed by atoms with van der Waals surface area (Å²) in [5.74, 6) is 0. The predicted octanol–water partition coefficient (Wildman–Crippen LogP) is 2.86. The van der Waals surface area contributed by atoms with Crippen molar-refractivity contribution in [1.82, 2.24) is 14.9 Å². The molecule has 23 heavy (non-hydrogen) atoms. The number of hydrogen-bond donors (Lipinski definition) is 1. The zero-order chi connectivity index (χ0) is 15.9. The van der Waals surface area contributed by atoms with Gasteiger partial charge in [-0.2, -0.15) is 0 Å². The van der Waals surface area contributed by atoms with Crippen LogP contribution in [0.2, 0.25) is 0 Å². The first-order chi connectivity index (χ1) is 11.2. The van der Waals surface area contributed by atoms with E-state index in [0.29, 0.717) is 14.6 Å². The Bertz CT molecular complexity index is 924. The molecule has 4 rings (SSSR count). The summed E-state index contributed by atoms with van der Waals surface area (Å²) in [6.07, 6.45) is 5.56. The molecule has 1 atom stereocenters. The first-order valence-corrected chi connectivity index (χ1v) is 9.99. The number of fused-ring (bicyclic) bond motifs is 1. The summed E-state index contributed by atoms with van der Waals surface area (Å²) in [5.41, 5.74) is 1.45. The van der Waals surface area contributed by atoms with Crippen molar-refractivity contribution in [3.63, 3.8) is 0 Å². The average molecular weight is 347 g/mol. The van der Waals surface area contributed by atoms with Crippen LogP contribution in [-0.4, -0.2) is 31.1 Å². The van der Waals surface area contributed by atoms with E-state index in [1.54, 1.807) is 29.9 Å². The van der Waals surface area contributed by atoms with Crippen LogP contribution in [0.3, 0.4) is 0 Å². The highest BCUT2D eigenvalue weighted by Gasteiger charge is 2.27. The van der Waals surface area contributed by atoms with Crippen LogP contribution in [0.4, 0.5) is 0 Å². The second-order valence-electron chi connectivity index (χ2n) is 5.71. The van der Waals surface area contributed by atoms with Gasteiger partial charge in [-0.05, 0) is 43.0 Å². The minimum Gasteiger partial charge on any atom is -0.340 e. The second-order valence-corrected chi connectivity index (χ2v) is 8.80. The Kier molecular flexibility index (Phi) is 3.71. The molecule has 3 aromatic heterocycles. The zero-order valence-corrected chi connectivity index (χ0v) is 14.1. The van der Waals surface area contributed by atoms with Gasteiger partial charge in [0, 0.05) is 25.0 Å². The lowest BCUT2D eigenvalue weighted by molar-refractivity contribution is 0.378. The van der Waals surface area contributed by atoms with Crippen LogP contribution in [0.1, 0.15) is 18.9 Å². The molecule has 0 radical (unpaired) electrons. The predicted molar refractivity (Wildman–Crippen MR) is 90.6 cm³/mol. The molecule has 0 bridgehead atoms. The summed E-state index contributed by atoms with van der Waals surface area (Å²) in [7, 11) is -3.53. The third-order valence-electron chi connectivity index (χ3n) is 4.27. The van der Waals surface area contributed by atoms with Crippen molar-refractivity contribution in [3.8, 4) is 0 Å². The van der Waals surface area contributed by atoms with Gasteiger partial charge in [0.1, 0.15) is 14.6 Å². The molecule has 0 spiro atoms. The molecule has 1 aliphatic rings. The molecule has 120 valence electrons. The van der Waals surface area contributed by atoms with Gasteiger partial charge in [0.25, 0.3) is 0 Å². The van der Waals surface area contributed by atoms with Crippen LogP contribution in [0.15, 0.2) is 51.1 Å². The Hall–Kier alpha value is -1.70. The first-order valence-electron chi connectivity index (χ1n) is 7.63. The maximum atomic E-state index is 12.9. The molecule has 0 aliphatic carbocycles. The zero-order valence-electron chi connectivity index (χ0n) is 12.5. The van der Waals surface area contributed by atoms with Gasteiger partial charge in [0.2, 0.25) is 9.84 Å². The molecule has 1 N–H and O–H groups in total. The molecule has 4 heterocycles. The van der Waals surface area contributed by atoms with Crippen LogP contribution in [-0.2, 0) is 9.84 Å². The van der Waals surface area contributed by atoms with Gasteiger partial charge in [-0.15, -0.1) is 11.3 Å². The fourth-order valence-corrected chi connectivity index (χ4v) is 5.68. The highest BCUT2D eigenvalue weighted by Crippen LogP contribution is 2.33. The fourth-order valence-electron chi connectivity index (χ4n) is 3.15. The van der Waals surface area contributed by atoms with E-state index in [0.717, 1.165) is 31.4 Å². The molecule has 1 fully saturated rings. The number of sulfone groups is 1. The van der Waals surface area contributed by atoms with Crippen LogP contribution in [0, 0.1) is 0 Å². The number of hydrogen-bond acceptors (Lipinski definition) is 5. The molecule has 5 nitrogen and oxygen atoms in total. The van der Waals surface area contributed by atoms with E-state index in [4.69, 9.17) is 0 Å². The molecular weight excluding hydrogens is 330 g/mol. The molecule has 0 saturated carbocycles. The second kappa shape index (κ2) is 5.74. The minimum absolute atomic E-state index is 0.266. The SMILES string of the molecule is O=S(=O)(c1cccs1)c1cn(C2CCCNC2)c2cccnc12. The van der Waals surface area contributed by atoms with Crippen molar-refractivity contribution in [2.45, 2.75) is 28.0 Å². The van der Waals surface area contributed by atoms with Gasteiger partial charge in [-0.25, -0.2) is 8.42 Å². The Morgan fingerprint density at radius 3 is 2.96 bits per heavy atom. The summed E-state index contributed by atoms with van der Waals surface area (Å²) in [6.45, 7) is 1.88. The third kappa shape index (κ3) is 2.49. The van der Waals surface area contributed by atoms with Gasteiger partial charge in [0.05, 0.1) is 5.52 Å². The van der Waals surface area contributed by atoms with E-state index in [2.05, 4.69) is 14.9 Å². The number of nitrogens with one attached hydrogen (secondary N) is 1. The molecule has 1 aliphatic heterocycles. The number of aromatic nitrogens is 2. The van der Waals surface area contributed by atoms with Crippen LogP contribution in [0.25, 0.3) is 11.0 Å². The quantitative estimate of drug-likeness (QED) is 0.791. The van der Waals surface area contributed by atoms with Gasteiger partial charge in [0.15, 0.2) is 0 Å². The Morgan fingerprint density at radius 2 is 2.22 bits per heavy atom. The van der Waals surface area contributed by atoms with E-state index in [-0.39, 0.29) is 6.04 Å². The van der Waals surface area contributed by atoms with E-state index < -0.39 is 9.84 Å². The monoisotopic (exact) mass is 347 g/mol. The average Bonchev–Trinajstić information content (AvgIpc) is 3.24. The van der Waals surface area contributed by atoms with Crippen molar-refractivity contribution in [2.75, 3.05) is 13.1 Å². The highest BCUT2D eigenvalue weighted by atomic mass is 32.2. The van der Waals surface area contributed by atoms with Crippen molar-refractivity contribution in [1.29, 1.82) is 0 Å². The van der Waals surface area contributed by atoms with Gasteiger partial charge >= 0.3 is 0 Å². The van der Waals surface area contributed by atoms with Gasteiger partial charge < -0.3 is 9.88 Å². The molecule has 1 saturated heterocycles. The summed E-state index contributed by atoms with van der Waals surface area (Å²) in [5, 5.41) is 5.17. The van der Waals surface area contributed by atoms with Gasteiger partial charge in [-0.3, -0.25) is 4.98 Å². The molecule has 0 aromatic carbocycles. The van der Waals surface area contributed by atoms with Crippen molar-refractivity contribution < 1.29 is 8.42 Å². The van der Waals surface area contributed by atoms with Crippen LogP contribution in [0.5, 0.6) is 0 Å². The molecule has 1 unspecified atom stereocenters. The summed E-state index contributed by atoms with van der Waals surface area (Å²) in [4.78, 5) is 4.66. The van der Waals surface area contributed by atoms with Gasteiger partial charge in [-0.1, -0.05) is 6.07 Å². The van der Waals surface area contributed by atoms with Crippen LogP contribution >= 0.6 is 11.3 Å². The van der Waals surface area contributed by atoms with Crippen molar-refractivity contribution in [3.05, 3.63) is 42.0 Å². The van der Waals surface area contributed by atoms with Crippen molar-refractivity contribution >= 4 is 32.2 Å². The molecule has 0 amide bonds. The first kappa shape index (κ1) is 14.9. The lowest BCUT2D eigenvalue weighted by atomic mass is 10.1. The summed E-state index contributed by atoms with van der Waals surface area (Å²) in [6, 6.07) is 7.48. The normalized spacial score (nSPS) is 19.2. The number of piperidine rings is 1. The maximum Gasteiger partial charge on any atom is 0.219 e. The Balaban J connectivity index is 1.91. The Morgan fingerprint density at radius 1 is 1.30 bits per heavy atom. The van der Waals surface area contributed by atoms with Crippen LogP contribution < -0.4 is 5.32 Å². The largest absolute Gasteiger partial charge is 0.340 e. The molecule has 7 heteroatoms. The van der Waals surface area contributed by atoms with E-state index in [1.165, 1.54) is 11.3 Å². The smallest absolute Gasteiger partial charge is 0.219 e. The number of rotatable bonds is 3. The van der Waals surface area contributed by atoms with E-state index in [1.807, 2.05) is 12.1 Å². The molecular formula is C16H17N3O2S2. The fraction of sp³-hybridized carbons (Fsp3) is 0.312. The van der Waals surface area contributed by atoms with E-state index >= 15 is 0 Å². The summed E-state index contributed by atoms with van der Waals surface area (Å²) < 4.78 is 28.3. The lowest BCUT2D eigenvalue weighted by Crippen LogP contribution is -2.31. The van der Waals surface area contributed by atoms with E-state index in [9.17, 15) is 8.42 Å². The third-order valence-corrected chi connectivity index (χ3v) is 7.42. The lowest BCUT2D eigenvalue weighted by Gasteiger charge is -2.25. The Labute approximate surface area is 138 Å². The number of pyridine rings is 1. The standard InChI is InChI=1S/C16H17N3O2S2/c20-23(21,15-6-3-9-22-15)14-11-19(12-4-1-7-17-10-12)13-5-2-8-18-16(13)14/h2-3,5-6,8-9,11-12,17H,1,4,7,10H2. The minimum atomic E-state index is -3.53. The number of nitrogens with zero attached hydrogens (tertiary/aromatic N) is 2. The maximum absolute atomic E-state index is 12.9. The topological polar surface area (TPSA) is 64.0 Å². The van der Waals surface area contributed by atoms with Crippen molar-refractivity contribution in [2.24, 2.45) is 0 Å². The number of thiophene rings is 1. The molecule has 3 aromatic rings. The summed E-state index contributed by atoms with van der Waals surface area (Å²) >= 11 is 1.24.